The average Bonchev–Trinajstić information content (AvgIpc) is 2.83. The monoisotopic (exact) mass is 475 g/mol. The lowest BCUT2D eigenvalue weighted by Gasteiger charge is -2.35. The predicted octanol–water partition coefficient (Wildman–Crippen LogP) is 3.79. The Morgan fingerprint density at radius 1 is 1.12 bits per heavy atom. The Morgan fingerprint density at radius 2 is 1.82 bits per heavy atom. The van der Waals surface area contributed by atoms with Crippen molar-refractivity contribution in [2.24, 2.45) is 5.92 Å². The number of carbonyl (C=O) groups is 2. The molecule has 1 saturated heterocycles. The highest BCUT2D eigenvalue weighted by molar-refractivity contribution is 5.96. The zero-order valence-corrected chi connectivity index (χ0v) is 18.7. The first-order valence-corrected chi connectivity index (χ1v) is 11.5. The van der Waals surface area contributed by atoms with Crippen molar-refractivity contribution in [1.29, 1.82) is 0 Å². The predicted molar refractivity (Wildman–Crippen MR) is 121 cm³/mol. The summed E-state index contributed by atoms with van der Waals surface area (Å²) in [6.07, 6.45) is -3.18. The standard InChI is InChI=1S/C25H28F3N3O3/c26-25(27,28)20-8-5-17(6-9-20)22(31-11-13-34-14-12-31)16-29-23(32)10-7-19-15-18-3-1-2-4-21(18)30-24(19)33/h1-6,8-9,19,22H,7,10-16H2,(H,29,32)(H,30,33). The molecule has 9 heteroatoms. The molecule has 2 atom stereocenters. The maximum Gasteiger partial charge on any atom is 0.416 e. The third-order valence-electron chi connectivity index (χ3n) is 6.43. The number of halogens is 3. The van der Waals surface area contributed by atoms with Crippen LogP contribution >= 0.6 is 0 Å². The molecule has 2 aliphatic heterocycles. The number of hydrogen-bond donors (Lipinski definition) is 2. The van der Waals surface area contributed by atoms with Gasteiger partial charge in [-0.3, -0.25) is 14.5 Å². The Morgan fingerprint density at radius 3 is 2.53 bits per heavy atom. The van der Waals surface area contributed by atoms with E-state index in [2.05, 4.69) is 15.5 Å². The summed E-state index contributed by atoms with van der Waals surface area (Å²) < 4.78 is 44.3. The van der Waals surface area contributed by atoms with Crippen molar-refractivity contribution < 1.29 is 27.5 Å². The highest BCUT2D eigenvalue weighted by atomic mass is 19.4. The molecule has 2 amide bonds. The van der Waals surface area contributed by atoms with Crippen LogP contribution < -0.4 is 10.6 Å². The summed E-state index contributed by atoms with van der Waals surface area (Å²) in [6, 6.07) is 12.5. The quantitative estimate of drug-likeness (QED) is 0.640. The molecule has 0 saturated carbocycles. The van der Waals surface area contributed by atoms with Crippen molar-refractivity contribution in [1.82, 2.24) is 10.2 Å². The maximum atomic E-state index is 13.0. The van der Waals surface area contributed by atoms with Crippen LogP contribution in [0.1, 0.15) is 35.6 Å². The molecule has 34 heavy (non-hydrogen) atoms. The van der Waals surface area contributed by atoms with E-state index < -0.39 is 11.7 Å². The van der Waals surface area contributed by atoms with Crippen LogP contribution in [-0.4, -0.2) is 49.6 Å². The van der Waals surface area contributed by atoms with E-state index >= 15 is 0 Å². The van der Waals surface area contributed by atoms with Gasteiger partial charge in [0, 0.05) is 37.7 Å². The lowest BCUT2D eigenvalue weighted by Crippen LogP contribution is -2.44. The number of rotatable bonds is 7. The van der Waals surface area contributed by atoms with E-state index in [1.165, 1.54) is 12.1 Å². The van der Waals surface area contributed by atoms with Crippen LogP contribution in [0.5, 0.6) is 0 Å². The Hall–Kier alpha value is -2.91. The van der Waals surface area contributed by atoms with Crippen molar-refractivity contribution in [2.75, 3.05) is 38.2 Å². The summed E-state index contributed by atoms with van der Waals surface area (Å²) >= 11 is 0. The van der Waals surface area contributed by atoms with Crippen molar-refractivity contribution in [2.45, 2.75) is 31.5 Å². The van der Waals surface area contributed by atoms with Crippen LogP contribution in [-0.2, 0) is 26.9 Å². The molecule has 182 valence electrons. The summed E-state index contributed by atoms with van der Waals surface area (Å²) in [4.78, 5) is 27.1. The summed E-state index contributed by atoms with van der Waals surface area (Å²) in [6.45, 7) is 2.59. The Kier molecular flexibility index (Phi) is 7.53. The second-order valence-corrected chi connectivity index (χ2v) is 8.67. The Labute approximate surface area is 196 Å². The first-order chi connectivity index (χ1) is 16.3. The molecule has 2 unspecified atom stereocenters. The average molecular weight is 476 g/mol. The van der Waals surface area contributed by atoms with Gasteiger partial charge in [-0.2, -0.15) is 13.2 Å². The van der Waals surface area contributed by atoms with Crippen molar-refractivity contribution in [3.05, 3.63) is 65.2 Å². The molecule has 1 fully saturated rings. The number of para-hydroxylation sites is 1. The van der Waals surface area contributed by atoms with Crippen LogP contribution in [0.3, 0.4) is 0 Å². The van der Waals surface area contributed by atoms with Gasteiger partial charge >= 0.3 is 6.18 Å². The van der Waals surface area contributed by atoms with Crippen molar-refractivity contribution in [3.63, 3.8) is 0 Å². The minimum absolute atomic E-state index is 0.0811. The molecule has 2 aliphatic rings. The van der Waals surface area contributed by atoms with Gasteiger partial charge in [0.2, 0.25) is 11.8 Å². The number of benzene rings is 2. The van der Waals surface area contributed by atoms with E-state index in [1.54, 1.807) is 0 Å². The van der Waals surface area contributed by atoms with Crippen LogP contribution in [0, 0.1) is 5.92 Å². The molecule has 2 heterocycles. The number of amides is 2. The summed E-state index contributed by atoms with van der Waals surface area (Å²) in [7, 11) is 0. The minimum atomic E-state index is -4.40. The number of fused-ring (bicyclic) bond motifs is 1. The summed E-state index contributed by atoms with van der Waals surface area (Å²) in [5.74, 6) is -0.537. The van der Waals surface area contributed by atoms with Gasteiger partial charge < -0.3 is 15.4 Å². The number of carbonyl (C=O) groups excluding carboxylic acids is 2. The first kappa shape index (κ1) is 24.2. The fourth-order valence-electron chi connectivity index (χ4n) is 4.49. The number of morpholine rings is 1. The normalized spacial score (nSPS) is 19.7. The smallest absolute Gasteiger partial charge is 0.379 e. The number of anilines is 1. The largest absolute Gasteiger partial charge is 0.416 e. The minimum Gasteiger partial charge on any atom is -0.379 e. The van der Waals surface area contributed by atoms with Gasteiger partial charge in [0.25, 0.3) is 0 Å². The number of hydrogen-bond acceptors (Lipinski definition) is 4. The van der Waals surface area contributed by atoms with Crippen LogP contribution in [0.15, 0.2) is 48.5 Å². The van der Waals surface area contributed by atoms with Crippen LogP contribution in [0.4, 0.5) is 18.9 Å². The third-order valence-corrected chi connectivity index (χ3v) is 6.43. The van der Waals surface area contributed by atoms with Gasteiger partial charge in [-0.15, -0.1) is 0 Å². The molecule has 0 bridgehead atoms. The van der Waals surface area contributed by atoms with E-state index in [-0.39, 0.29) is 36.7 Å². The molecular weight excluding hydrogens is 447 g/mol. The molecule has 2 aromatic carbocycles. The van der Waals surface area contributed by atoms with Crippen molar-refractivity contribution in [3.8, 4) is 0 Å². The van der Waals surface area contributed by atoms with Gasteiger partial charge in [0.15, 0.2) is 0 Å². The Balaban J connectivity index is 1.35. The van der Waals surface area contributed by atoms with Gasteiger partial charge in [0.05, 0.1) is 24.8 Å². The van der Waals surface area contributed by atoms with E-state index in [0.29, 0.717) is 44.7 Å². The molecule has 0 aromatic heterocycles. The SMILES string of the molecule is O=C(CCC1Cc2ccccc2NC1=O)NCC(c1ccc(C(F)(F)F)cc1)N1CCOCC1. The lowest BCUT2D eigenvalue weighted by molar-refractivity contribution is -0.137. The number of ether oxygens (including phenoxy) is 1. The summed E-state index contributed by atoms with van der Waals surface area (Å²) in [5.41, 5.74) is 1.88. The molecule has 6 nitrogen and oxygen atoms in total. The molecule has 4 rings (SSSR count). The Bertz CT molecular complexity index is 1000. The molecule has 0 spiro atoms. The molecule has 0 aliphatic carbocycles. The zero-order valence-electron chi connectivity index (χ0n) is 18.7. The molecule has 2 N–H and O–H groups in total. The van der Waals surface area contributed by atoms with Gasteiger partial charge in [0.1, 0.15) is 0 Å². The van der Waals surface area contributed by atoms with Gasteiger partial charge in [-0.1, -0.05) is 30.3 Å². The number of nitrogens with zero attached hydrogens (tertiary/aromatic N) is 1. The number of nitrogens with one attached hydrogen (secondary N) is 2. The van der Waals surface area contributed by atoms with E-state index in [0.717, 1.165) is 23.4 Å². The highest BCUT2D eigenvalue weighted by Crippen LogP contribution is 2.31. The third kappa shape index (κ3) is 5.95. The van der Waals surface area contributed by atoms with Crippen LogP contribution in [0.25, 0.3) is 0 Å². The molecular formula is C25H28F3N3O3. The van der Waals surface area contributed by atoms with Crippen LogP contribution in [0.2, 0.25) is 0 Å². The fourth-order valence-corrected chi connectivity index (χ4v) is 4.49. The number of alkyl halides is 3. The molecule has 2 aromatic rings. The van der Waals surface area contributed by atoms with Gasteiger partial charge in [-0.25, -0.2) is 0 Å². The topological polar surface area (TPSA) is 70.7 Å². The van der Waals surface area contributed by atoms with Crippen molar-refractivity contribution >= 4 is 17.5 Å². The van der Waals surface area contributed by atoms with E-state index in [1.807, 2.05) is 24.3 Å². The highest BCUT2D eigenvalue weighted by Gasteiger charge is 2.31. The maximum absolute atomic E-state index is 13.0. The summed E-state index contributed by atoms with van der Waals surface area (Å²) in [5, 5.41) is 5.82. The lowest BCUT2D eigenvalue weighted by atomic mass is 9.89. The molecule has 0 radical (unpaired) electrons. The fraction of sp³-hybridized carbons (Fsp3) is 0.440. The first-order valence-electron chi connectivity index (χ1n) is 11.5. The second-order valence-electron chi connectivity index (χ2n) is 8.67. The van der Waals surface area contributed by atoms with E-state index in [9.17, 15) is 22.8 Å². The second kappa shape index (κ2) is 10.6. The van der Waals surface area contributed by atoms with Gasteiger partial charge in [-0.05, 0) is 42.2 Å². The van der Waals surface area contributed by atoms with E-state index in [4.69, 9.17) is 4.74 Å². The zero-order chi connectivity index (χ0) is 24.1.